The van der Waals surface area contributed by atoms with Gasteiger partial charge >= 0.3 is 0 Å². The van der Waals surface area contributed by atoms with E-state index >= 15 is 0 Å². The zero-order valence-corrected chi connectivity index (χ0v) is 13.9. The number of carbonyl (C=O) groups is 2. The van der Waals surface area contributed by atoms with E-state index in [-0.39, 0.29) is 29.8 Å². The van der Waals surface area contributed by atoms with Crippen LogP contribution in [0.5, 0.6) is 0 Å². The number of hydrogen-bond donors (Lipinski definition) is 2. The first kappa shape index (κ1) is 18.2. The van der Waals surface area contributed by atoms with Crippen molar-refractivity contribution >= 4 is 24.2 Å². The minimum absolute atomic E-state index is 0. The van der Waals surface area contributed by atoms with Crippen molar-refractivity contribution in [3.8, 4) is 0 Å². The summed E-state index contributed by atoms with van der Waals surface area (Å²) in [5.41, 5.74) is -0.358. The summed E-state index contributed by atoms with van der Waals surface area (Å²) < 4.78 is 0. The summed E-state index contributed by atoms with van der Waals surface area (Å²) in [5, 5.41) is 6.27. The Labute approximate surface area is 133 Å². The molecule has 2 fully saturated rings. The van der Waals surface area contributed by atoms with Gasteiger partial charge in [0.1, 0.15) is 0 Å². The smallest absolute Gasteiger partial charge is 0.242 e. The molecule has 0 saturated carbocycles. The molecule has 2 aliphatic rings. The van der Waals surface area contributed by atoms with E-state index in [1.807, 2.05) is 11.8 Å². The fourth-order valence-electron chi connectivity index (χ4n) is 3.22. The van der Waals surface area contributed by atoms with Crippen molar-refractivity contribution in [1.29, 1.82) is 0 Å². The molecule has 0 aromatic heterocycles. The molecular formula is C15H28ClN3O2. The van der Waals surface area contributed by atoms with Crippen molar-refractivity contribution in [3.63, 3.8) is 0 Å². The zero-order chi connectivity index (χ0) is 14.6. The third kappa shape index (κ3) is 4.85. The lowest BCUT2D eigenvalue weighted by Gasteiger charge is -2.40. The molecule has 0 aromatic rings. The van der Waals surface area contributed by atoms with Gasteiger partial charge in [0.05, 0.1) is 5.54 Å². The number of halogens is 1. The van der Waals surface area contributed by atoms with E-state index in [9.17, 15) is 9.59 Å². The predicted octanol–water partition coefficient (Wildman–Crippen LogP) is 1.32. The molecule has 6 heteroatoms. The van der Waals surface area contributed by atoms with E-state index in [4.69, 9.17) is 0 Å². The van der Waals surface area contributed by atoms with Crippen LogP contribution in [0.3, 0.4) is 0 Å². The van der Waals surface area contributed by atoms with Crippen molar-refractivity contribution < 1.29 is 9.59 Å². The normalized spacial score (nSPS) is 26.9. The maximum absolute atomic E-state index is 12.6. The van der Waals surface area contributed by atoms with Crippen LogP contribution in [-0.4, -0.2) is 48.4 Å². The highest BCUT2D eigenvalue weighted by molar-refractivity contribution is 5.86. The molecular weight excluding hydrogens is 290 g/mol. The van der Waals surface area contributed by atoms with Gasteiger partial charge in [-0.15, -0.1) is 12.4 Å². The van der Waals surface area contributed by atoms with Crippen molar-refractivity contribution in [3.05, 3.63) is 0 Å². The van der Waals surface area contributed by atoms with Crippen LogP contribution in [-0.2, 0) is 9.59 Å². The molecule has 2 heterocycles. The van der Waals surface area contributed by atoms with E-state index in [1.165, 1.54) is 6.42 Å². The van der Waals surface area contributed by atoms with Crippen LogP contribution < -0.4 is 10.6 Å². The lowest BCUT2D eigenvalue weighted by Crippen LogP contribution is -2.59. The van der Waals surface area contributed by atoms with E-state index < -0.39 is 0 Å². The summed E-state index contributed by atoms with van der Waals surface area (Å²) in [4.78, 5) is 25.6. The van der Waals surface area contributed by atoms with Crippen LogP contribution in [0, 0.1) is 5.92 Å². The van der Waals surface area contributed by atoms with Crippen molar-refractivity contribution in [2.24, 2.45) is 5.92 Å². The Morgan fingerprint density at radius 2 is 1.95 bits per heavy atom. The zero-order valence-electron chi connectivity index (χ0n) is 13.1. The molecule has 2 rings (SSSR count). The Kier molecular flexibility index (Phi) is 6.94. The summed E-state index contributed by atoms with van der Waals surface area (Å²) in [6.07, 6.45) is 5.22. The molecule has 21 heavy (non-hydrogen) atoms. The number of carbonyl (C=O) groups excluding carboxylic acids is 2. The van der Waals surface area contributed by atoms with Gasteiger partial charge < -0.3 is 15.5 Å². The predicted molar refractivity (Wildman–Crippen MR) is 85.5 cm³/mol. The second-order valence-corrected chi connectivity index (χ2v) is 6.39. The third-order valence-corrected chi connectivity index (χ3v) is 4.63. The van der Waals surface area contributed by atoms with Gasteiger partial charge in [-0.1, -0.05) is 0 Å². The topological polar surface area (TPSA) is 61.4 Å². The Bertz CT molecular complexity index is 362. The number of likely N-dealkylation sites (tertiary alicyclic amines) is 1. The third-order valence-electron chi connectivity index (χ3n) is 4.63. The Balaban J connectivity index is 0.00000220. The second kappa shape index (κ2) is 7.99. The molecule has 0 bridgehead atoms. The standard InChI is InChI=1S/C15H27N3O2.ClH/c1-12(19)16-11-13-5-9-18(10-6-13)14(20)15(2)7-3-4-8-17-15;/h13,17H,3-11H2,1-2H3,(H,16,19);1H. The number of nitrogens with zero attached hydrogens (tertiary/aromatic N) is 1. The minimum Gasteiger partial charge on any atom is -0.356 e. The molecule has 2 saturated heterocycles. The van der Waals surface area contributed by atoms with Gasteiger partial charge in [-0.25, -0.2) is 0 Å². The maximum atomic E-state index is 12.6. The fourth-order valence-corrected chi connectivity index (χ4v) is 3.22. The van der Waals surface area contributed by atoms with Gasteiger partial charge in [0.25, 0.3) is 0 Å². The van der Waals surface area contributed by atoms with Crippen molar-refractivity contribution in [1.82, 2.24) is 15.5 Å². The first-order valence-corrected chi connectivity index (χ1v) is 7.80. The number of hydrogen-bond acceptors (Lipinski definition) is 3. The summed E-state index contributed by atoms with van der Waals surface area (Å²) in [6, 6.07) is 0. The molecule has 1 atom stereocenters. The van der Waals surface area contributed by atoms with Crippen LogP contribution in [0.2, 0.25) is 0 Å². The number of amides is 2. The molecule has 5 nitrogen and oxygen atoms in total. The van der Waals surface area contributed by atoms with Crippen molar-refractivity contribution in [2.75, 3.05) is 26.2 Å². The van der Waals surface area contributed by atoms with Gasteiger partial charge in [0, 0.05) is 26.6 Å². The summed E-state index contributed by atoms with van der Waals surface area (Å²) >= 11 is 0. The largest absolute Gasteiger partial charge is 0.356 e. The molecule has 122 valence electrons. The molecule has 0 aromatic carbocycles. The van der Waals surface area contributed by atoms with E-state index in [1.54, 1.807) is 6.92 Å². The van der Waals surface area contributed by atoms with Gasteiger partial charge in [0.15, 0.2) is 0 Å². The van der Waals surface area contributed by atoms with E-state index in [0.717, 1.165) is 51.9 Å². The number of rotatable bonds is 3. The summed E-state index contributed by atoms with van der Waals surface area (Å²) in [5.74, 6) is 0.799. The maximum Gasteiger partial charge on any atom is 0.242 e. The van der Waals surface area contributed by atoms with E-state index in [2.05, 4.69) is 10.6 Å². The first-order valence-electron chi connectivity index (χ1n) is 7.80. The highest BCUT2D eigenvalue weighted by Gasteiger charge is 2.38. The minimum atomic E-state index is -0.358. The quantitative estimate of drug-likeness (QED) is 0.825. The Morgan fingerprint density at radius 1 is 1.29 bits per heavy atom. The van der Waals surface area contributed by atoms with Crippen LogP contribution in [0.25, 0.3) is 0 Å². The molecule has 2 N–H and O–H groups in total. The fraction of sp³-hybridized carbons (Fsp3) is 0.867. The highest BCUT2D eigenvalue weighted by Crippen LogP contribution is 2.24. The molecule has 1 unspecified atom stereocenters. The first-order chi connectivity index (χ1) is 9.51. The van der Waals surface area contributed by atoms with Crippen LogP contribution >= 0.6 is 12.4 Å². The lowest BCUT2D eigenvalue weighted by molar-refractivity contribution is -0.140. The SMILES string of the molecule is CC(=O)NCC1CCN(C(=O)C2(C)CCCCN2)CC1.Cl. The van der Waals surface area contributed by atoms with Gasteiger partial charge in [-0.2, -0.15) is 0 Å². The van der Waals surface area contributed by atoms with Crippen LogP contribution in [0.15, 0.2) is 0 Å². The van der Waals surface area contributed by atoms with Crippen molar-refractivity contribution in [2.45, 2.75) is 51.5 Å². The average molecular weight is 318 g/mol. The molecule has 0 spiro atoms. The molecule has 2 amide bonds. The molecule has 2 aliphatic heterocycles. The molecule has 0 aliphatic carbocycles. The summed E-state index contributed by atoms with van der Waals surface area (Å²) in [6.45, 7) is 6.92. The van der Waals surface area contributed by atoms with Crippen LogP contribution in [0.4, 0.5) is 0 Å². The van der Waals surface area contributed by atoms with Gasteiger partial charge in [0.2, 0.25) is 11.8 Å². The monoisotopic (exact) mass is 317 g/mol. The highest BCUT2D eigenvalue weighted by atomic mass is 35.5. The second-order valence-electron chi connectivity index (χ2n) is 6.39. The average Bonchev–Trinajstić information content (AvgIpc) is 2.45. The van der Waals surface area contributed by atoms with E-state index in [0.29, 0.717) is 5.92 Å². The Morgan fingerprint density at radius 3 is 2.48 bits per heavy atom. The Hall–Kier alpha value is -0.810. The van der Waals surface area contributed by atoms with Gasteiger partial charge in [-0.3, -0.25) is 9.59 Å². The van der Waals surface area contributed by atoms with Crippen LogP contribution in [0.1, 0.15) is 46.0 Å². The van der Waals surface area contributed by atoms with Gasteiger partial charge in [-0.05, 0) is 51.5 Å². The summed E-state index contributed by atoms with van der Waals surface area (Å²) in [7, 11) is 0. The number of piperidine rings is 2. The number of nitrogens with one attached hydrogen (secondary N) is 2. The lowest BCUT2D eigenvalue weighted by atomic mass is 9.88. The molecule has 0 radical (unpaired) electrons.